The van der Waals surface area contributed by atoms with Gasteiger partial charge >= 0.3 is 4.87 Å². The van der Waals surface area contributed by atoms with E-state index in [1.165, 1.54) is 16.9 Å². The highest BCUT2D eigenvalue weighted by Gasteiger charge is 1.96. The first-order valence-corrected chi connectivity index (χ1v) is 6.64. The number of aromatic amines is 1. The molecule has 0 spiro atoms. The van der Waals surface area contributed by atoms with Crippen molar-refractivity contribution in [2.24, 2.45) is 0 Å². The lowest BCUT2D eigenvalue weighted by atomic mass is 10.1. The quantitative estimate of drug-likeness (QED) is 0.769. The Morgan fingerprint density at radius 1 is 1.24 bits per heavy atom. The third-order valence-electron chi connectivity index (χ3n) is 2.55. The first kappa shape index (κ1) is 12.1. The topological polar surface area (TPSA) is 44.9 Å². The van der Waals surface area contributed by atoms with Crippen LogP contribution in [0.1, 0.15) is 17.7 Å². The van der Waals surface area contributed by atoms with Gasteiger partial charge in [0.15, 0.2) is 0 Å². The van der Waals surface area contributed by atoms with Crippen LogP contribution in [0.2, 0.25) is 0 Å². The Bertz CT molecular complexity index is 489. The molecule has 0 saturated heterocycles. The maximum atomic E-state index is 10.9. The van der Waals surface area contributed by atoms with E-state index in [0.717, 1.165) is 31.6 Å². The number of aryl methyl sites for hydroxylation is 1. The van der Waals surface area contributed by atoms with Crippen LogP contribution < -0.4 is 10.2 Å². The molecule has 3 nitrogen and oxygen atoms in total. The zero-order valence-electron chi connectivity index (χ0n) is 9.61. The van der Waals surface area contributed by atoms with E-state index in [4.69, 9.17) is 0 Å². The lowest BCUT2D eigenvalue weighted by molar-refractivity contribution is 0.642. The highest BCUT2D eigenvalue weighted by molar-refractivity contribution is 7.07. The van der Waals surface area contributed by atoms with Crippen LogP contribution in [0, 0.1) is 0 Å². The van der Waals surface area contributed by atoms with E-state index in [-0.39, 0.29) is 4.87 Å². The van der Waals surface area contributed by atoms with E-state index in [0.29, 0.717) is 0 Å². The fourth-order valence-corrected chi connectivity index (χ4v) is 2.27. The molecule has 2 N–H and O–H groups in total. The van der Waals surface area contributed by atoms with E-state index in [9.17, 15) is 4.79 Å². The van der Waals surface area contributed by atoms with Gasteiger partial charge in [-0.1, -0.05) is 41.7 Å². The van der Waals surface area contributed by atoms with Gasteiger partial charge in [0, 0.05) is 17.6 Å². The molecule has 0 atom stereocenters. The van der Waals surface area contributed by atoms with E-state index < -0.39 is 0 Å². The van der Waals surface area contributed by atoms with Gasteiger partial charge < -0.3 is 10.3 Å². The minimum absolute atomic E-state index is 0.0195. The summed E-state index contributed by atoms with van der Waals surface area (Å²) in [5.74, 6) is 0. The van der Waals surface area contributed by atoms with Crippen molar-refractivity contribution < 1.29 is 0 Å². The van der Waals surface area contributed by atoms with Gasteiger partial charge in [-0.3, -0.25) is 4.79 Å². The molecule has 0 fully saturated rings. The van der Waals surface area contributed by atoms with Crippen LogP contribution in [0.5, 0.6) is 0 Å². The summed E-state index contributed by atoms with van der Waals surface area (Å²) in [7, 11) is 0. The summed E-state index contributed by atoms with van der Waals surface area (Å²) >= 11 is 1.21. The molecule has 4 heteroatoms. The lowest BCUT2D eigenvalue weighted by Crippen LogP contribution is -2.16. The van der Waals surface area contributed by atoms with Crippen LogP contribution in [-0.2, 0) is 13.0 Å². The molecule has 17 heavy (non-hydrogen) atoms. The third kappa shape index (κ3) is 4.17. The summed E-state index contributed by atoms with van der Waals surface area (Å²) < 4.78 is 0. The molecule has 0 unspecified atom stereocenters. The fraction of sp³-hybridized carbons (Fsp3) is 0.308. The van der Waals surface area contributed by atoms with Crippen LogP contribution in [0.3, 0.4) is 0 Å². The molecule has 0 radical (unpaired) electrons. The van der Waals surface area contributed by atoms with Gasteiger partial charge in [0.1, 0.15) is 0 Å². The SMILES string of the molecule is O=c1[nH]c(CNCCCc2ccccc2)cs1. The number of benzene rings is 1. The Morgan fingerprint density at radius 3 is 2.76 bits per heavy atom. The van der Waals surface area contributed by atoms with Gasteiger partial charge in [-0.25, -0.2) is 0 Å². The summed E-state index contributed by atoms with van der Waals surface area (Å²) in [5.41, 5.74) is 2.35. The number of hydrogen-bond acceptors (Lipinski definition) is 3. The summed E-state index contributed by atoms with van der Waals surface area (Å²) in [5, 5.41) is 5.19. The summed E-state index contributed by atoms with van der Waals surface area (Å²) in [6, 6.07) is 10.5. The van der Waals surface area contributed by atoms with E-state index in [1.807, 2.05) is 11.4 Å². The Labute approximate surface area is 105 Å². The van der Waals surface area contributed by atoms with Crippen LogP contribution in [0.25, 0.3) is 0 Å². The van der Waals surface area contributed by atoms with Gasteiger partial charge in [-0.05, 0) is 24.9 Å². The Hall–Kier alpha value is -1.39. The molecule has 90 valence electrons. The predicted molar refractivity (Wildman–Crippen MR) is 71.4 cm³/mol. The van der Waals surface area contributed by atoms with Crippen molar-refractivity contribution in [1.29, 1.82) is 0 Å². The minimum Gasteiger partial charge on any atom is -0.315 e. The van der Waals surface area contributed by atoms with Crippen LogP contribution in [0.15, 0.2) is 40.5 Å². The number of H-pyrrole nitrogens is 1. The van der Waals surface area contributed by atoms with E-state index in [2.05, 4.69) is 34.6 Å². The van der Waals surface area contributed by atoms with Gasteiger partial charge in [-0.2, -0.15) is 0 Å². The average molecular weight is 248 g/mol. The highest BCUT2D eigenvalue weighted by atomic mass is 32.1. The van der Waals surface area contributed by atoms with Gasteiger partial charge in [0.05, 0.1) is 0 Å². The van der Waals surface area contributed by atoms with Crippen molar-refractivity contribution in [3.05, 3.63) is 56.6 Å². The highest BCUT2D eigenvalue weighted by Crippen LogP contribution is 2.01. The smallest absolute Gasteiger partial charge is 0.304 e. The maximum Gasteiger partial charge on any atom is 0.304 e. The average Bonchev–Trinajstić information content (AvgIpc) is 2.76. The molecule has 0 bridgehead atoms. The minimum atomic E-state index is 0.0195. The normalized spacial score (nSPS) is 10.6. The molecule has 0 saturated carbocycles. The molecular formula is C13H16N2OS. The molecular weight excluding hydrogens is 232 g/mol. The van der Waals surface area contributed by atoms with Crippen LogP contribution in [-0.4, -0.2) is 11.5 Å². The zero-order chi connectivity index (χ0) is 11.9. The third-order valence-corrected chi connectivity index (χ3v) is 3.27. The van der Waals surface area contributed by atoms with Crippen LogP contribution in [0.4, 0.5) is 0 Å². The van der Waals surface area contributed by atoms with Gasteiger partial charge in [-0.15, -0.1) is 0 Å². The maximum absolute atomic E-state index is 10.9. The van der Waals surface area contributed by atoms with Crippen LogP contribution >= 0.6 is 11.3 Å². The van der Waals surface area contributed by atoms with Crippen molar-refractivity contribution in [2.45, 2.75) is 19.4 Å². The molecule has 0 aliphatic heterocycles. The van der Waals surface area contributed by atoms with Crippen molar-refractivity contribution in [1.82, 2.24) is 10.3 Å². The summed E-state index contributed by atoms with van der Waals surface area (Å²) in [4.78, 5) is 13.7. The number of aromatic nitrogens is 1. The molecule has 0 aliphatic carbocycles. The first-order chi connectivity index (χ1) is 8.34. The Kier molecular flexibility index (Phi) is 4.53. The van der Waals surface area contributed by atoms with Gasteiger partial charge in [0.25, 0.3) is 0 Å². The van der Waals surface area contributed by atoms with Gasteiger partial charge in [0.2, 0.25) is 0 Å². The molecule has 2 rings (SSSR count). The van der Waals surface area contributed by atoms with Crippen molar-refractivity contribution in [2.75, 3.05) is 6.54 Å². The number of thiazole rings is 1. The Balaban J connectivity index is 1.62. The second-order valence-electron chi connectivity index (χ2n) is 3.94. The largest absolute Gasteiger partial charge is 0.315 e. The molecule has 1 aromatic heterocycles. The molecule has 0 aliphatic rings. The second kappa shape index (κ2) is 6.37. The Morgan fingerprint density at radius 2 is 2.06 bits per heavy atom. The molecule has 1 aromatic carbocycles. The summed E-state index contributed by atoms with van der Waals surface area (Å²) in [6.07, 6.45) is 2.20. The predicted octanol–water partition coefficient (Wildman–Crippen LogP) is 2.16. The number of nitrogens with one attached hydrogen (secondary N) is 2. The van der Waals surface area contributed by atoms with Crippen molar-refractivity contribution in [3.8, 4) is 0 Å². The molecule has 0 amide bonds. The number of rotatable bonds is 6. The first-order valence-electron chi connectivity index (χ1n) is 5.76. The second-order valence-corrected chi connectivity index (χ2v) is 4.78. The zero-order valence-corrected chi connectivity index (χ0v) is 10.4. The standard InChI is InChI=1S/C13H16N2OS/c16-13-15-12(10-17-13)9-14-8-4-7-11-5-2-1-3-6-11/h1-3,5-6,10,14H,4,7-9H2,(H,15,16). The monoisotopic (exact) mass is 248 g/mol. The fourth-order valence-electron chi connectivity index (χ4n) is 1.69. The lowest BCUT2D eigenvalue weighted by Gasteiger charge is -2.03. The van der Waals surface area contributed by atoms with E-state index in [1.54, 1.807) is 0 Å². The molecule has 1 heterocycles. The van der Waals surface area contributed by atoms with E-state index >= 15 is 0 Å². The molecule has 2 aromatic rings. The van der Waals surface area contributed by atoms with Crippen molar-refractivity contribution >= 4 is 11.3 Å². The number of hydrogen-bond donors (Lipinski definition) is 2. The van der Waals surface area contributed by atoms with Crippen molar-refractivity contribution in [3.63, 3.8) is 0 Å². The summed E-state index contributed by atoms with van der Waals surface area (Å²) in [6.45, 7) is 1.71.